The predicted molar refractivity (Wildman–Crippen MR) is 588 cm³/mol. The highest BCUT2D eigenvalue weighted by molar-refractivity contribution is 6.13. The average Bonchev–Trinajstić information content (AvgIpc) is 1.58. The lowest BCUT2D eigenvalue weighted by Gasteiger charge is -2.22. The highest BCUT2D eigenvalue weighted by atomic mass is 16.6. The van der Waals surface area contributed by atoms with Gasteiger partial charge in [0.2, 0.25) is 11.9 Å². The number of nitrogens with zero attached hydrogens (tertiary/aromatic N) is 10. The van der Waals surface area contributed by atoms with Gasteiger partial charge in [0.25, 0.3) is 0 Å². The van der Waals surface area contributed by atoms with Crippen LogP contribution in [0.5, 0.6) is 69.0 Å². The van der Waals surface area contributed by atoms with Crippen molar-refractivity contribution in [3.8, 4) is 188 Å². The summed E-state index contributed by atoms with van der Waals surface area (Å²) >= 11 is 0. The lowest BCUT2D eigenvalue weighted by Crippen LogP contribution is -2.06. The fourth-order valence-electron chi connectivity index (χ4n) is 20.4. The summed E-state index contributed by atoms with van der Waals surface area (Å²) < 4.78 is 44.8. The van der Waals surface area contributed by atoms with Gasteiger partial charge in [-0.1, -0.05) is 364 Å². The van der Waals surface area contributed by atoms with E-state index in [9.17, 15) is 0 Å². The van der Waals surface area contributed by atoms with E-state index in [4.69, 9.17) is 63.3 Å². The molecule has 0 aliphatic carbocycles. The molecule has 9 heterocycles. The first-order valence-electron chi connectivity index (χ1n) is 48.8. The van der Waals surface area contributed by atoms with Gasteiger partial charge >= 0.3 is 0 Å². The maximum atomic E-state index is 6.44. The monoisotopic (exact) mass is 1890 g/mol. The third-order valence-electron chi connectivity index (χ3n) is 27.6. The molecule has 16 heteroatoms. The van der Waals surface area contributed by atoms with Gasteiger partial charge in [-0.15, -0.1) is 0 Å². The Balaban J connectivity index is 0.000000107. The molecule has 0 amide bonds. The quantitative estimate of drug-likeness (QED) is 0.114. The van der Waals surface area contributed by atoms with Crippen LogP contribution in [0, 0.1) is 0 Å². The van der Waals surface area contributed by atoms with E-state index in [0.29, 0.717) is 86.9 Å². The maximum Gasteiger partial charge on any atom is 0.238 e. The van der Waals surface area contributed by atoms with Gasteiger partial charge in [0.15, 0.2) is 86.5 Å². The first-order chi connectivity index (χ1) is 72.7. The molecule has 6 aromatic heterocycles. The summed E-state index contributed by atoms with van der Waals surface area (Å²) in [5.41, 5.74) is 21.0. The molecule has 0 spiro atoms. The Bertz CT molecular complexity index is 8880. The number of rotatable bonds is 12. The zero-order valence-corrected chi connectivity index (χ0v) is 78.6. The summed E-state index contributed by atoms with van der Waals surface area (Å²) in [6.07, 6.45) is 0. The number of ether oxygens (including phenoxy) is 6. The topological polar surface area (TPSA) is 160 Å². The van der Waals surface area contributed by atoms with E-state index < -0.39 is 0 Å². The van der Waals surface area contributed by atoms with E-state index in [1.54, 1.807) is 0 Å². The minimum atomic E-state index is 0.557. The standard InChI is InChI=1S/2C44H27N3O2.C43H26N4O2/c1-3-11-28(12-4-1)36-27-37(29-13-5-2-6-14-29)46-44(45-36)47-38-18-10-9-17-34(38)35-21-19-32(23-39(35)47)33-20-22-40-41(26-33)49-43-25-31-16-8-7-15-30(31)24-42(43)48-40;1-3-11-28(12-4-1)36-27-43(46-44(45-36)29-13-5-2-6-14-29)47-37-18-10-9-17-34(37)35-21-19-32(23-38(35)47)33-20-22-39-40(26-33)49-42-25-31-16-8-7-15-30(31)24-41(42)48-39;1-3-11-27(12-4-1)41-44-42(28-13-5-2-6-14-28)46-43(45-41)47-35-18-10-9-17-33(35)34-21-19-31(23-36(34)47)32-20-22-37-38(26-32)49-40-25-30-16-8-7-15-29(30)24-39(40)48-37/h2*1-27H;1-26H. The van der Waals surface area contributed by atoms with Crippen molar-refractivity contribution in [1.29, 1.82) is 0 Å². The lowest BCUT2D eigenvalue weighted by atomic mass is 10.0. The molecule has 0 saturated carbocycles. The van der Waals surface area contributed by atoms with Gasteiger partial charge in [0.05, 0.1) is 50.2 Å². The van der Waals surface area contributed by atoms with Crippen molar-refractivity contribution in [3.63, 3.8) is 0 Å². The first kappa shape index (κ1) is 84.8. The van der Waals surface area contributed by atoms with E-state index in [-0.39, 0.29) is 0 Å². The van der Waals surface area contributed by atoms with Crippen molar-refractivity contribution in [2.24, 2.45) is 0 Å². The van der Waals surface area contributed by atoms with E-state index in [1.807, 2.05) is 231 Å². The summed E-state index contributed by atoms with van der Waals surface area (Å²) in [7, 11) is 0. The Morgan fingerprint density at radius 1 is 0.136 bits per heavy atom. The Kier molecular flexibility index (Phi) is 20.5. The Labute approximate surface area is 842 Å². The van der Waals surface area contributed by atoms with Crippen LogP contribution >= 0.6 is 0 Å². The molecule has 3 aliphatic heterocycles. The van der Waals surface area contributed by atoms with Gasteiger partial charge in [-0.2, -0.15) is 9.97 Å². The van der Waals surface area contributed by atoms with Crippen LogP contribution in [0.15, 0.2) is 485 Å². The molecule has 3 aliphatic rings. The minimum Gasteiger partial charge on any atom is -0.449 e. The fraction of sp³-hybridized carbons (Fsp3) is 0. The zero-order chi connectivity index (χ0) is 96.9. The van der Waals surface area contributed by atoms with Gasteiger partial charge in [-0.25, -0.2) is 24.9 Å². The van der Waals surface area contributed by atoms with E-state index in [1.165, 1.54) is 0 Å². The highest BCUT2D eigenvalue weighted by Crippen LogP contribution is 2.54. The molecule has 147 heavy (non-hydrogen) atoms. The SMILES string of the molecule is c1ccc(-c2cc(-c3ccccc3)nc(-n3c4ccccc4c4ccc(-c5ccc6c(c5)Oc5cc7ccccc7cc5O6)cc43)n2)cc1.c1ccc(-c2cc(-n3c4ccccc4c4ccc(-c5ccc6c(c5)Oc5cc7ccccc7cc5O6)cc43)nc(-c3ccccc3)n2)cc1.c1ccc(-c2nc(-c3ccccc3)nc(-n3c4ccccc4c4ccc(-c5ccc6c(c5)Oc5cc7ccccc7cc5O6)cc43)n2)cc1. The number of fused-ring (bicyclic) bond motifs is 18. The van der Waals surface area contributed by atoms with Crippen LogP contribution in [0.1, 0.15) is 0 Å². The van der Waals surface area contributed by atoms with Crippen molar-refractivity contribution >= 4 is 97.7 Å². The van der Waals surface area contributed by atoms with Crippen molar-refractivity contribution in [2.45, 2.75) is 0 Å². The number of hydrogen-bond acceptors (Lipinski definition) is 13. The molecule has 690 valence electrons. The molecule has 0 bridgehead atoms. The number of aromatic nitrogens is 10. The summed E-state index contributed by atoms with van der Waals surface area (Å²) in [6, 6.07) is 166. The smallest absolute Gasteiger partial charge is 0.238 e. The minimum absolute atomic E-state index is 0.557. The van der Waals surface area contributed by atoms with Crippen molar-refractivity contribution < 1.29 is 28.4 Å². The molecule has 0 radical (unpaired) electrons. The molecule has 0 fully saturated rings. The number of hydrogen-bond donors (Lipinski definition) is 0. The summed E-state index contributed by atoms with van der Waals surface area (Å²) in [4.78, 5) is 35.7. The molecule has 16 nitrogen and oxygen atoms in total. The van der Waals surface area contributed by atoms with Crippen LogP contribution in [0.2, 0.25) is 0 Å². The average molecular weight is 1890 g/mol. The summed E-state index contributed by atoms with van der Waals surface area (Å²) in [6.45, 7) is 0. The molecule has 21 aromatic carbocycles. The summed E-state index contributed by atoms with van der Waals surface area (Å²) in [5.74, 6) is 12.3. The van der Waals surface area contributed by atoms with Gasteiger partial charge in [-0.3, -0.25) is 13.7 Å². The van der Waals surface area contributed by atoms with Crippen LogP contribution in [0.25, 0.3) is 217 Å². The fourth-order valence-corrected chi connectivity index (χ4v) is 20.4. The van der Waals surface area contributed by atoms with Crippen molar-refractivity contribution in [1.82, 2.24) is 48.6 Å². The van der Waals surface area contributed by atoms with Crippen LogP contribution in [0.4, 0.5) is 0 Å². The van der Waals surface area contributed by atoms with Crippen LogP contribution < -0.4 is 28.4 Å². The molecule has 0 atom stereocenters. The second-order valence-electron chi connectivity index (χ2n) is 36.6. The number of para-hydroxylation sites is 3. The third-order valence-corrected chi connectivity index (χ3v) is 27.6. The van der Waals surface area contributed by atoms with E-state index in [2.05, 4.69) is 268 Å². The van der Waals surface area contributed by atoms with Gasteiger partial charge in [0.1, 0.15) is 5.82 Å². The summed E-state index contributed by atoms with van der Waals surface area (Å²) in [5, 5.41) is 13.5. The molecule has 0 unspecified atom stereocenters. The maximum absolute atomic E-state index is 6.44. The highest BCUT2D eigenvalue weighted by Gasteiger charge is 2.29. The van der Waals surface area contributed by atoms with E-state index in [0.717, 1.165) is 199 Å². The largest absolute Gasteiger partial charge is 0.449 e. The molecule has 0 N–H and O–H groups in total. The molecule has 30 rings (SSSR count). The second kappa shape index (κ2) is 35.5. The molecular weight excluding hydrogens is 1810 g/mol. The Hall–Kier alpha value is -20.2. The van der Waals surface area contributed by atoms with Crippen LogP contribution in [-0.2, 0) is 0 Å². The van der Waals surface area contributed by atoms with Crippen molar-refractivity contribution in [2.75, 3.05) is 0 Å². The van der Waals surface area contributed by atoms with Crippen LogP contribution in [0.3, 0.4) is 0 Å². The van der Waals surface area contributed by atoms with Crippen LogP contribution in [-0.4, -0.2) is 48.6 Å². The van der Waals surface area contributed by atoms with E-state index >= 15 is 0 Å². The van der Waals surface area contributed by atoms with Gasteiger partial charge in [0, 0.05) is 71.8 Å². The lowest BCUT2D eigenvalue weighted by molar-refractivity contribution is 0.360. The molecule has 0 saturated heterocycles. The van der Waals surface area contributed by atoms with Gasteiger partial charge in [-0.05, 0) is 181 Å². The van der Waals surface area contributed by atoms with Crippen molar-refractivity contribution in [3.05, 3.63) is 485 Å². The predicted octanol–water partition coefficient (Wildman–Crippen LogP) is 34.3. The first-order valence-corrected chi connectivity index (χ1v) is 48.8. The second-order valence-corrected chi connectivity index (χ2v) is 36.6. The van der Waals surface area contributed by atoms with Gasteiger partial charge < -0.3 is 28.4 Å². The molecule has 27 aromatic rings. The Morgan fingerprint density at radius 3 is 0.707 bits per heavy atom. The third kappa shape index (κ3) is 15.6. The number of benzene rings is 21. The Morgan fingerprint density at radius 2 is 0.374 bits per heavy atom. The zero-order valence-electron chi connectivity index (χ0n) is 78.6. The normalized spacial score (nSPS) is 12.0. The molecular formula is C131H80N10O6.